The first kappa shape index (κ1) is 29.8. The number of methoxy groups -OCH3 is 1. The molecule has 0 unspecified atom stereocenters. The van der Waals surface area contributed by atoms with Gasteiger partial charge in [0.25, 0.3) is 0 Å². The Balaban J connectivity index is 1.17. The fraction of sp³-hybridized carbons (Fsp3) is 0.444. The van der Waals surface area contributed by atoms with Gasteiger partial charge in [0.05, 0.1) is 12.7 Å². The molecule has 0 spiro atoms. The van der Waals surface area contributed by atoms with Crippen LogP contribution < -0.4 is 0 Å². The van der Waals surface area contributed by atoms with Crippen molar-refractivity contribution in [2.24, 2.45) is 0 Å². The van der Waals surface area contributed by atoms with Crippen LogP contribution in [0.3, 0.4) is 0 Å². The molecule has 0 bridgehead atoms. The molecule has 2 fully saturated rings. The van der Waals surface area contributed by atoms with Gasteiger partial charge in [-0.15, -0.1) is 0 Å². The quantitative estimate of drug-likeness (QED) is 0.256. The highest BCUT2D eigenvalue weighted by molar-refractivity contribution is 5.91. The van der Waals surface area contributed by atoms with Crippen molar-refractivity contribution in [2.75, 3.05) is 33.8 Å². The summed E-state index contributed by atoms with van der Waals surface area (Å²) in [6.45, 7) is 3.42. The highest BCUT2D eigenvalue weighted by Crippen LogP contribution is 2.44. The molecule has 2 aliphatic rings. The SMILES string of the molecule is COC(=O)c1ccccc1C1CCN(CCC2(c3ccccc3)CCC(N(C)C(=O)OCc3ccccc3)CC2)CC1. The third-order valence-electron chi connectivity index (χ3n) is 9.64. The summed E-state index contributed by atoms with van der Waals surface area (Å²) in [6, 6.07) is 28.9. The Kier molecular flexibility index (Phi) is 9.96. The van der Waals surface area contributed by atoms with Crippen LogP contribution in [-0.4, -0.2) is 61.7 Å². The first-order valence-electron chi connectivity index (χ1n) is 15.4. The van der Waals surface area contributed by atoms with Gasteiger partial charge in [0.1, 0.15) is 6.61 Å². The maximum atomic E-state index is 12.9. The van der Waals surface area contributed by atoms with E-state index in [1.54, 1.807) is 0 Å². The van der Waals surface area contributed by atoms with Crippen molar-refractivity contribution in [1.82, 2.24) is 9.80 Å². The zero-order chi connectivity index (χ0) is 29.4. The lowest BCUT2D eigenvalue weighted by atomic mass is 9.66. The Labute approximate surface area is 250 Å². The number of carbonyl (C=O) groups excluding carboxylic acids is 2. The molecule has 1 saturated carbocycles. The average molecular weight is 569 g/mol. The molecule has 3 aromatic rings. The third kappa shape index (κ3) is 7.04. The molecule has 0 atom stereocenters. The van der Waals surface area contributed by atoms with Crippen molar-refractivity contribution < 1.29 is 19.1 Å². The molecule has 5 rings (SSSR count). The van der Waals surface area contributed by atoms with Crippen LogP contribution in [0.4, 0.5) is 4.79 Å². The van der Waals surface area contributed by atoms with E-state index >= 15 is 0 Å². The number of piperidine rings is 1. The Bertz CT molecular complexity index is 1300. The molecule has 1 heterocycles. The van der Waals surface area contributed by atoms with Gasteiger partial charge in [-0.25, -0.2) is 9.59 Å². The molecule has 1 aliphatic carbocycles. The van der Waals surface area contributed by atoms with Crippen molar-refractivity contribution in [3.63, 3.8) is 0 Å². The number of esters is 1. The summed E-state index contributed by atoms with van der Waals surface area (Å²) in [4.78, 5) is 29.6. The largest absolute Gasteiger partial charge is 0.465 e. The van der Waals surface area contributed by atoms with Crippen molar-refractivity contribution in [3.05, 3.63) is 107 Å². The molecular weight excluding hydrogens is 524 g/mol. The van der Waals surface area contributed by atoms with Crippen LogP contribution in [0, 0.1) is 0 Å². The second-order valence-corrected chi connectivity index (χ2v) is 12.0. The molecule has 0 radical (unpaired) electrons. The fourth-order valence-electron chi connectivity index (χ4n) is 6.98. The minimum Gasteiger partial charge on any atom is -0.465 e. The maximum Gasteiger partial charge on any atom is 0.410 e. The molecule has 222 valence electrons. The van der Waals surface area contributed by atoms with Gasteiger partial charge in [0.15, 0.2) is 0 Å². The summed E-state index contributed by atoms with van der Waals surface area (Å²) in [5.74, 6) is 0.135. The van der Waals surface area contributed by atoms with Crippen LogP contribution in [-0.2, 0) is 21.5 Å². The lowest BCUT2D eigenvalue weighted by molar-refractivity contribution is 0.0598. The van der Waals surface area contributed by atoms with E-state index < -0.39 is 0 Å². The van der Waals surface area contributed by atoms with Crippen LogP contribution in [0.1, 0.15) is 77.9 Å². The van der Waals surface area contributed by atoms with Crippen molar-refractivity contribution in [3.8, 4) is 0 Å². The van der Waals surface area contributed by atoms with Crippen molar-refractivity contribution in [2.45, 2.75) is 68.9 Å². The number of rotatable bonds is 9. The normalized spacial score (nSPS) is 21.4. The number of nitrogens with zero attached hydrogens (tertiary/aromatic N) is 2. The van der Waals surface area contributed by atoms with Gasteiger partial charge >= 0.3 is 12.1 Å². The van der Waals surface area contributed by atoms with Crippen LogP contribution in [0.2, 0.25) is 0 Å². The molecule has 6 heteroatoms. The highest BCUT2D eigenvalue weighted by Gasteiger charge is 2.39. The zero-order valence-electron chi connectivity index (χ0n) is 25.0. The maximum absolute atomic E-state index is 12.9. The Morgan fingerprint density at radius 3 is 2.14 bits per heavy atom. The molecule has 3 aromatic carbocycles. The van der Waals surface area contributed by atoms with Gasteiger partial charge in [0.2, 0.25) is 0 Å². The van der Waals surface area contributed by atoms with Gasteiger partial charge < -0.3 is 19.3 Å². The first-order valence-corrected chi connectivity index (χ1v) is 15.4. The van der Waals surface area contributed by atoms with E-state index in [1.165, 1.54) is 12.7 Å². The van der Waals surface area contributed by atoms with Gasteiger partial charge in [0, 0.05) is 13.1 Å². The van der Waals surface area contributed by atoms with E-state index in [-0.39, 0.29) is 23.5 Å². The topological polar surface area (TPSA) is 59.1 Å². The summed E-state index contributed by atoms with van der Waals surface area (Å²) in [6.07, 6.45) is 7.01. The lowest BCUT2D eigenvalue weighted by Gasteiger charge is -2.44. The minimum absolute atomic E-state index is 0.112. The summed E-state index contributed by atoms with van der Waals surface area (Å²) >= 11 is 0. The highest BCUT2D eigenvalue weighted by atomic mass is 16.6. The lowest BCUT2D eigenvalue weighted by Crippen LogP contribution is -2.45. The van der Waals surface area contributed by atoms with Crippen molar-refractivity contribution in [1.29, 1.82) is 0 Å². The van der Waals surface area contributed by atoms with E-state index in [0.29, 0.717) is 18.1 Å². The van der Waals surface area contributed by atoms with Crippen LogP contribution in [0.5, 0.6) is 0 Å². The van der Waals surface area contributed by atoms with Gasteiger partial charge in [-0.05, 0) is 98.7 Å². The molecule has 1 saturated heterocycles. The van der Waals surface area contributed by atoms with Crippen molar-refractivity contribution >= 4 is 12.1 Å². The summed E-state index contributed by atoms with van der Waals surface area (Å²) in [5, 5.41) is 0. The van der Waals surface area contributed by atoms with E-state index in [4.69, 9.17) is 9.47 Å². The Hall–Kier alpha value is -3.64. The summed E-state index contributed by atoms with van der Waals surface area (Å²) in [5.41, 5.74) is 4.35. The fourth-order valence-corrected chi connectivity index (χ4v) is 6.98. The van der Waals surface area contributed by atoms with Gasteiger partial charge in [-0.1, -0.05) is 78.9 Å². The van der Waals surface area contributed by atoms with Crippen LogP contribution >= 0.6 is 0 Å². The number of carbonyl (C=O) groups is 2. The molecule has 0 aromatic heterocycles. The van der Waals surface area contributed by atoms with E-state index in [9.17, 15) is 9.59 Å². The number of hydrogen-bond donors (Lipinski definition) is 0. The molecule has 6 nitrogen and oxygen atoms in total. The number of hydrogen-bond acceptors (Lipinski definition) is 5. The van der Waals surface area contributed by atoms with Gasteiger partial charge in [-0.2, -0.15) is 0 Å². The predicted octanol–water partition coefficient (Wildman–Crippen LogP) is 7.19. The number of amides is 1. The van der Waals surface area contributed by atoms with Gasteiger partial charge in [-0.3, -0.25) is 0 Å². The second kappa shape index (κ2) is 14.0. The van der Waals surface area contributed by atoms with E-state index in [2.05, 4.69) is 41.3 Å². The third-order valence-corrected chi connectivity index (χ3v) is 9.64. The van der Waals surface area contributed by atoms with Crippen LogP contribution in [0.25, 0.3) is 0 Å². The Morgan fingerprint density at radius 1 is 0.857 bits per heavy atom. The summed E-state index contributed by atoms with van der Waals surface area (Å²) in [7, 11) is 3.34. The van der Waals surface area contributed by atoms with E-state index in [0.717, 1.165) is 75.7 Å². The summed E-state index contributed by atoms with van der Waals surface area (Å²) < 4.78 is 10.7. The number of ether oxygens (including phenoxy) is 2. The molecule has 0 N–H and O–H groups in total. The predicted molar refractivity (Wildman–Crippen MR) is 166 cm³/mol. The smallest absolute Gasteiger partial charge is 0.410 e. The zero-order valence-corrected chi connectivity index (χ0v) is 25.0. The molecule has 1 amide bonds. The van der Waals surface area contributed by atoms with E-state index in [1.807, 2.05) is 60.5 Å². The Morgan fingerprint density at radius 2 is 1.48 bits per heavy atom. The van der Waals surface area contributed by atoms with Crippen LogP contribution in [0.15, 0.2) is 84.9 Å². The molecular formula is C36H44N2O4. The molecule has 1 aliphatic heterocycles. The minimum atomic E-state index is -0.247. The standard InChI is InChI=1S/C36H44N2O4/c1-37(35(40)42-27-28-11-5-3-6-12-28)31-17-21-36(22-18-31,30-13-7-4-8-14-30)23-26-38-24-19-29(20-25-38)32-15-9-10-16-33(32)34(39)41-2/h3-16,29,31H,17-27H2,1-2H3. The molecule has 42 heavy (non-hydrogen) atoms. The number of benzene rings is 3. The monoisotopic (exact) mass is 568 g/mol. The second-order valence-electron chi connectivity index (χ2n) is 12.0. The number of likely N-dealkylation sites (tertiary alicyclic amines) is 1. The average Bonchev–Trinajstić information content (AvgIpc) is 3.07. The first-order chi connectivity index (χ1) is 20.5.